The van der Waals surface area contributed by atoms with Crippen LogP contribution < -0.4 is 0 Å². The van der Waals surface area contributed by atoms with E-state index in [1.165, 1.54) is 13.8 Å². The van der Waals surface area contributed by atoms with Crippen molar-refractivity contribution in [2.45, 2.75) is 87.5 Å². The smallest absolute Gasteiger partial charge is 0.143 e. The lowest BCUT2D eigenvalue weighted by atomic mass is 9.49. The zero-order valence-electron chi connectivity index (χ0n) is 65.0. The first-order valence-corrected chi connectivity index (χ1v) is 22.8. The normalized spacial score (nSPS) is 19.1. The van der Waals surface area contributed by atoms with Crippen LogP contribution in [0.1, 0.15) is 137 Å². The fourth-order valence-electron chi connectivity index (χ4n) is 11.5. The Hall–Kier alpha value is -7.16. The number of para-hydroxylation sites is 2. The molecule has 69 heavy (non-hydrogen) atoms. The van der Waals surface area contributed by atoms with E-state index in [-0.39, 0.29) is 33.5 Å². The Labute approximate surface area is 441 Å². The summed E-state index contributed by atoms with van der Waals surface area (Å²) in [5.74, 6) is -2.04. The lowest BCUT2D eigenvalue weighted by Gasteiger charge is -2.54. The highest BCUT2D eigenvalue weighted by Gasteiger charge is 2.58. The molecule has 9 aromatic carbocycles. The van der Waals surface area contributed by atoms with Crippen molar-refractivity contribution in [3.8, 4) is 33.4 Å². The highest BCUT2D eigenvalue weighted by Crippen LogP contribution is 2.66. The van der Waals surface area contributed by atoms with Crippen molar-refractivity contribution in [3.05, 3.63) is 213 Å². The third-order valence-electron chi connectivity index (χ3n) is 14.1. The van der Waals surface area contributed by atoms with Crippen LogP contribution in [0, 0.1) is 45.4 Å². The maximum atomic E-state index is 10.8. The lowest BCUT2D eigenvalue weighted by molar-refractivity contribution is 0.0943. The molecule has 0 fully saturated rings. The molecule has 0 bridgehead atoms. The summed E-state index contributed by atoms with van der Waals surface area (Å²) < 4.78 is 250. The summed E-state index contributed by atoms with van der Waals surface area (Å²) in [6.45, 7) is 20.2. The minimum absolute atomic E-state index is 0.0556. The maximum Gasteiger partial charge on any atom is 0.143 e. The molecule has 2 heteroatoms. The van der Waals surface area contributed by atoms with Gasteiger partial charge < -0.3 is 8.83 Å². The van der Waals surface area contributed by atoms with Gasteiger partial charge in [0, 0.05) is 43.8 Å². The van der Waals surface area contributed by atoms with Gasteiger partial charge in [-0.3, -0.25) is 0 Å². The van der Waals surface area contributed by atoms with Gasteiger partial charge in [0.2, 0.25) is 0 Å². The summed E-state index contributed by atoms with van der Waals surface area (Å²) in [6.07, 6.45) is 0. The molecular formula is C67H60O2. The predicted molar refractivity (Wildman–Crippen MR) is 292 cm³/mol. The van der Waals surface area contributed by atoms with Gasteiger partial charge in [-0.15, -0.1) is 0 Å². The largest absolute Gasteiger partial charge is 0.455 e. The van der Waals surface area contributed by atoms with Crippen molar-refractivity contribution in [1.29, 1.82) is 0 Å². The Morgan fingerprint density at radius 1 is 0.464 bits per heavy atom. The van der Waals surface area contributed by atoms with Crippen LogP contribution >= 0.6 is 0 Å². The summed E-state index contributed by atoms with van der Waals surface area (Å²) in [4.78, 5) is 0. The third-order valence-corrected chi connectivity index (χ3v) is 14.1. The number of fused-ring (bicyclic) bond motifs is 11. The summed E-state index contributed by atoms with van der Waals surface area (Å²) in [5, 5.41) is -2.54. The van der Waals surface area contributed by atoms with Crippen LogP contribution in [0.25, 0.3) is 88.0 Å². The molecule has 1 atom stereocenters. The number of rotatable bonds is 5. The monoisotopic (exact) mass is 922 g/mol. The standard InChI is InChI=1S/C67H60O2/c1-38-23-25-43(26-24-38)44-29-32-59-54(35-44)56-37-55(48-17-12-13-19-51(48)64(56)69-59)61(45-27-30-47(40(3)34-45)50-20-16-21-52-49-18-14-15-22-58(49)68-63(50)52)46-28-31-53-57(36-46)67(65(6,7)8,66(9,10)11)62-41(4)33-39(2)42(5)60(53)62/h12-37,61H,1-11H3/i12D,13D,14D,15D,16D,17D,18D,19D,20D,21D,22D,23D,24D,25D,26D,27D,28D,29D,30D,31D,32D,33D,34D,35D,37D. The van der Waals surface area contributed by atoms with E-state index in [2.05, 4.69) is 0 Å². The second kappa shape index (κ2) is 15.2. The van der Waals surface area contributed by atoms with Crippen molar-refractivity contribution >= 4 is 54.6 Å². The quantitative estimate of drug-likeness (QED) is 0.161. The highest BCUT2D eigenvalue weighted by molar-refractivity contribution is 6.17. The van der Waals surface area contributed by atoms with Gasteiger partial charge in [0.1, 0.15) is 22.3 Å². The van der Waals surface area contributed by atoms with E-state index in [0.717, 1.165) is 0 Å². The Morgan fingerprint density at radius 3 is 1.84 bits per heavy atom. The molecule has 2 aromatic heterocycles. The molecule has 1 aliphatic carbocycles. The van der Waals surface area contributed by atoms with Crippen LogP contribution in [0.2, 0.25) is 0 Å². The third kappa shape index (κ3) is 6.23. The SMILES string of the molecule is [2H]c1c(C(c2c([2H])c([2H])c(-c3c([2H])c([2H])c([2H])c4c3oc3c([2H])c([2H])c([2H])c([2H])c34)c(C)c2[2H])c2c([2H])c3c(oc4c([2H])c([2H])c(-c5c([2H])c([2H])c(C)c([2H])c5[2H])c([2H])c43)c3c([2H])c([2H])c([2H])c([2H])c23)cc2c(c1[2H])-c1c(C)c(C)c([2H])c(C)c1C2(C(C)(C)C)C(C)(C)C. The summed E-state index contributed by atoms with van der Waals surface area (Å²) in [7, 11) is 0. The van der Waals surface area contributed by atoms with Crippen molar-refractivity contribution in [2.75, 3.05) is 0 Å². The second-order valence-electron chi connectivity index (χ2n) is 20.2. The molecule has 340 valence electrons. The van der Waals surface area contributed by atoms with E-state index in [4.69, 9.17) is 23.9 Å². The Kier molecular flexibility index (Phi) is 5.26. The minimum Gasteiger partial charge on any atom is -0.455 e. The van der Waals surface area contributed by atoms with E-state index in [1.807, 2.05) is 55.4 Å². The van der Waals surface area contributed by atoms with E-state index in [0.29, 0.717) is 38.9 Å². The van der Waals surface area contributed by atoms with Gasteiger partial charge in [-0.1, -0.05) is 180 Å². The molecule has 2 heterocycles. The summed E-state index contributed by atoms with van der Waals surface area (Å²) in [6, 6.07) is -15.1. The van der Waals surface area contributed by atoms with E-state index in [1.54, 1.807) is 13.0 Å². The lowest BCUT2D eigenvalue weighted by Crippen LogP contribution is -2.50. The average Bonchev–Trinajstić information content (AvgIpc) is 1.49. The summed E-state index contributed by atoms with van der Waals surface area (Å²) >= 11 is 0. The zero-order chi connectivity index (χ0) is 69.6. The molecule has 0 saturated heterocycles. The van der Waals surface area contributed by atoms with E-state index < -0.39 is 244 Å². The van der Waals surface area contributed by atoms with Crippen molar-refractivity contribution in [3.63, 3.8) is 0 Å². The van der Waals surface area contributed by atoms with Gasteiger partial charge in [-0.2, -0.15) is 0 Å². The molecule has 0 radical (unpaired) electrons. The van der Waals surface area contributed by atoms with E-state index in [9.17, 15) is 19.2 Å². The van der Waals surface area contributed by atoms with Crippen molar-refractivity contribution in [1.82, 2.24) is 0 Å². The Morgan fingerprint density at radius 2 is 1.09 bits per heavy atom. The second-order valence-corrected chi connectivity index (χ2v) is 20.2. The van der Waals surface area contributed by atoms with Crippen molar-refractivity contribution < 1.29 is 43.1 Å². The fourth-order valence-corrected chi connectivity index (χ4v) is 11.5. The first-order valence-electron chi connectivity index (χ1n) is 35.3. The molecule has 0 amide bonds. The van der Waals surface area contributed by atoms with Crippen LogP contribution in [-0.4, -0.2) is 0 Å². The molecule has 12 rings (SSSR count). The fraction of sp³-hybridized carbons (Fsp3) is 0.224. The molecule has 0 spiro atoms. The van der Waals surface area contributed by atoms with E-state index >= 15 is 0 Å². The summed E-state index contributed by atoms with van der Waals surface area (Å²) in [5.41, 5.74) is -4.46. The van der Waals surface area contributed by atoms with Crippen LogP contribution in [0.15, 0.2) is 166 Å². The van der Waals surface area contributed by atoms with Crippen molar-refractivity contribution in [2.24, 2.45) is 10.8 Å². The number of hydrogen-bond donors (Lipinski definition) is 0. The Bertz CT molecular complexity index is 5340. The predicted octanol–water partition coefficient (Wildman–Crippen LogP) is 19.1. The average molecular weight is 922 g/mol. The molecule has 1 aliphatic rings. The first kappa shape index (κ1) is 23.9. The highest BCUT2D eigenvalue weighted by atomic mass is 16.3. The van der Waals surface area contributed by atoms with Crippen LogP contribution in [0.4, 0.5) is 0 Å². The first-order chi connectivity index (χ1) is 43.5. The molecule has 0 saturated carbocycles. The Balaban J connectivity index is 1.34. The van der Waals surface area contributed by atoms with Gasteiger partial charge in [-0.05, 0) is 153 Å². The minimum atomic E-state index is -2.04. The zero-order valence-corrected chi connectivity index (χ0v) is 40.0. The van der Waals surface area contributed by atoms with Gasteiger partial charge in [0.25, 0.3) is 0 Å². The van der Waals surface area contributed by atoms with Gasteiger partial charge in [0.15, 0.2) is 0 Å². The number of hydrogen-bond acceptors (Lipinski definition) is 2. The topological polar surface area (TPSA) is 26.3 Å². The molecule has 0 aliphatic heterocycles. The number of furan rings is 2. The molecule has 2 nitrogen and oxygen atoms in total. The maximum absolute atomic E-state index is 10.8. The van der Waals surface area contributed by atoms with Crippen LogP contribution in [0.3, 0.4) is 0 Å². The van der Waals surface area contributed by atoms with Gasteiger partial charge in [-0.25, -0.2) is 0 Å². The van der Waals surface area contributed by atoms with Crippen LogP contribution in [-0.2, 0) is 5.41 Å². The number of benzene rings is 9. The molecular weight excluding hydrogens is 837 g/mol. The van der Waals surface area contributed by atoms with Gasteiger partial charge >= 0.3 is 0 Å². The molecule has 11 aromatic rings. The van der Waals surface area contributed by atoms with Gasteiger partial charge in [0.05, 0.1) is 34.3 Å². The molecule has 1 unspecified atom stereocenters. The molecule has 0 N–H and O–H groups in total. The van der Waals surface area contributed by atoms with Crippen LogP contribution in [0.5, 0.6) is 0 Å².